The minimum absolute atomic E-state index is 0. The first-order valence-electron chi connectivity index (χ1n) is 2.81. The smallest absolute Gasteiger partial charge is 0.0314 e. The minimum Gasteiger partial charge on any atom is -0.412 e. The van der Waals surface area contributed by atoms with Gasteiger partial charge in [0.15, 0.2) is 0 Å². The Morgan fingerprint density at radius 1 is 1.20 bits per heavy atom. The molecule has 0 aromatic heterocycles. The SMILES string of the molecule is C=Cc1ccc(N)cc1.O. The molecular weight excluding hydrogens is 126 g/mol. The van der Waals surface area contributed by atoms with Gasteiger partial charge < -0.3 is 11.2 Å². The Labute approximate surface area is 60.3 Å². The van der Waals surface area contributed by atoms with Crippen LogP contribution in [0.3, 0.4) is 0 Å². The molecule has 0 saturated heterocycles. The Morgan fingerprint density at radius 2 is 1.70 bits per heavy atom. The van der Waals surface area contributed by atoms with E-state index in [1.54, 1.807) is 6.08 Å². The van der Waals surface area contributed by atoms with E-state index in [2.05, 4.69) is 6.58 Å². The number of anilines is 1. The van der Waals surface area contributed by atoms with Crippen LogP contribution in [0.15, 0.2) is 30.8 Å². The third-order valence-electron chi connectivity index (χ3n) is 1.17. The number of nitrogens with two attached hydrogens (primary N) is 1. The van der Waals surface area contributed by atoms with E-state index in [1.165, 1.54) is 0 Å². The lowest BCUT2D eigenvalue weighted by molar-refractivity contribution is 0.824. The van der Waals surface area contributed by atoms with Gasteiger partial charge >= 0.3 is 0 Å². The van der Waals surface area contributed by atoms with Gasteiger partial charge in [0.25, 0.3) is 0 Å². The van der Waals surface area contributed by atoms with Gasteiger partial charge in [0.05, 0.1) is 0 Å². The van der Waals surface area contributed by atoms with Gasteiger partial charge in [-0.05, 0) is 17.7 Å². The summed E-state index contributed by atoms with van der Waals surface area (Å²) in [5.74, 6) is 0. The average molecular weight is 137 g/mol. The Hall–Kier alpha value is -1.28. The molecule has 0 aliphatic rings. The summed E-state index contributed by atoms with van der Waals surface area (Å²) in [7, 11) is 0. The molecule has 0 aliphatic heterocycles. The molecule has 10 heavy (non-hydrogen) atoms. The lowest BCUT2D eigenvalue weighted by Crippen LogP contribution is -1.81. The third-order valence-corrected chi connectivity index (χ3v) is 1.17. The van der Waals surface area contributed by atoms with Crippen molar-refractivity contribution in [1.82, 2.24) is 0 Å². The van der Waals surface area contributed by atoms with Gasteiger partial charge in [-0.2, -0.15) is 0 Å². The van der Waals surface area contributed by atoms with Crippen molar-refractivity contribution < 1.29 is 5.48 Å². The molecule has 0 aliphatic carbocycles. The van der Waals surface area contributed by atoms with Gasteiger partial charge in [-0.15, -0.1) is 0 Å². The van der Waals surface area contributed by atoms with Crippen molar-refractivity contribution in [3.05, 3.63) is 36.4 Å². The van der Waals surface area contributed by atoms with Crippen molar-refractivity contribution in [2.24, 2.45) is 0 Å². The maximum Gasteiger partial charge on any atom is 0.0314 e. The van der Waals surface area contributed by atoms with E-state index in [0.29, 0.717) is 0 Å². The van der Waals surface area contributed by atoms with E-state index in [4.69, 9.17) is 5.73 Å². The van der Waals surface area contributed by atoms with Crippen LogP contribution in [-0.4, -0.2) is 5.48 Å². The highest BCUT2D eigenvalue weighted by atomic mass is 16.0. The first-order chi connectivity index (χ1) is 4.33. The van der Waals surface area contributed by atoms with Crippen molar-refractivity contribution in [2.45, 2.75) is 0 Å². The Balaban J connectivity index is 0.000000810. The van der Waals surface area contributed by atoms with Gasteiger partial charge in [-0.1, -0.05) is 24.8 Å². The molecule has 2 nitrogen and oxygen atoms in total. The monoisotopic (exact) mass is 137 g/mol. The van der Waals surface area contributed by atoms with E-state index in [0.717, 1.165) is 11.3 Å². The van der Waals surface area contributed by atoms with Crippen molar-refractivity contribution in [3.8, 4) is 0 Å². The molecule has 0 radical (unpaired) electrons. The highest BCUT2D eigenvalue weighted by molar-refractivity contribution is 5.51. The molecule has 1 rings (SSSR count). The van der Waals surface area contributed by atoms with Crippen LogP contribution >= 0.6 is 0 Å². The summed E-state index contributed by atoms with van der Waals surface area (Å²) >= 11 is 0. The van der Waals surface area contributed by atoms with Gasteiger partial charge in [0, 0.05) is 5.69 Å². The van der Waals surface area contributed by atoms with Crippen LogP contribution < -0.4 is 5.73 Å². The summed E-state index contributed by atoms with van der Waals surface area (Å²) in [5.41, 5.74) is 7.34. The third kappa shape index (κ3) is 1.91. The number of benzene rings is 1. The van der Waals surface area contributed by atoms with Crippen molar-refractivity contribution in [2.75, 3.05) is 5.73 Å². The number of rotatable bonds is 1. The zero-order chi connectivity index (χ0) is 6.69. The molecular formula is C8H11NO. The Morgan fingerprint density at radius 3 is 2.10 bits per heavy atom. The highest BCUT2D eigenvalue weighted by Crippen LogP contribution is 2.05. The fourth-order valence-corrected chi connectivity index (χ4v) is 0.632. The first-order valence-corrected chi connectivity index (χ1v) is 2.81. The summed E-state index contributed by atoms with van der Waals surface area (Å²) in [6.07, 6.45) is 1.79. The van der Waals surface area contributed by atoms with Crippen LogP contribution in [0, 0.1) is 0 Å². The van der Waals surface area contributed by atoms with Crippen LogP contribution in [0.2, 0.25) is 0 Å². The van der Waals surface area contributed by atoms with Gasteiger partial charge in [-0.3, -0.25) is 0 Å². The lowest BCUT2D eigenvalue weighted by Gasteiger charge is -1.91. The maximum atomic E-state index is 5.45. The predicted molar refractivity (Wildman–Crippen MR) is 44.6 cm³/mol. The van der Waals surface area contributed by atoms with Crippen LogP contribution in [0.1, 0.15) is 5.56 Å². The van der Waals surface area contributed by atoms with E-state index >= 15 is 0 Å². The molecule has 0 unspecified atom stereocenters. The molecule has 0 saturated carbocycles. The van der Waals surface area contributed by atoms with E-state index < -0.39 is 0 Å². The van der Waals surface area contributed by atoms with Crippen LogP contribution in [0.25, 0.3) is 6.08 Å². The molecule has 0 spiro atoms. The molecule has 0 amide bonds. The lowest BCUT2D eigenvalue weighted by atomic mass is 10.2. The summed E-state index contributed by atoms with van der Waals surface area (Å²) in [6.45, 7) is 3.62. The molecule has 54 valence electrons. The van der Waals surface area contributed by atoms with Gasteiger partial charge in [0.1, 0.15) is 0 Å². The van der Waals surface area contributed by atoms with Crippen molar-refractivity contribution in [1.29, 1.82) is 0 Å². The zero-order valence-corrected chi connectivity index (χ0v) is 5.67. The van der Waals surface area contributed by atoms with E-state index in [-0.39, 0.29) is 5.48 Å². The van der Waals surface area contributed by atoms with Crippen LogP contribution in [0.5, 0.6) is 0 Å². The summed E-state index contributed by atoms with van der Waals surface area (Å²) in [4.78, 5) is 0. The number of hydrogen-bond acceptors (Lipinski definition) is 1. The maximum absolute atomic E-state index is 5.45. The largest absolute Gasteiger partial charge is 0.412 e. The minimum atomic E-state index is 0. The Kier molecular flexibility index (Phi) is 3.22. The highest BCUT2D eigenvalue weighted by Gasteiger charge is 1.82. The second-order valence-corrected chi connectivity index (χ2v) is 1.87. The topological polar surface area (TPSA) is 57.5 Å². The molecule has 2 heteroatoms. The van der Waals surface area contributed by atoms with Crippen LogP contribution in [-0.2, 0) is 0 Å². The summed E-state index contributed by atoms with van der Waals surface area (Å²) < 4.78 is 0. The first kappa shape index (κ1) is 8.72. The Bertz CT molecular complexity index is 203. The molecule has 1 aromatic carbocycles. The number of hydrogen-bond donors (Lipinski definition) is 1. The predicted octanol–water partition coefficient (Wildman–Crippen LogP) is 1.09. The second-order valence-electron chi connectivity index (χ2n) is 1.87. The fourth-order valence-electron chi connectivity index (χ4n) is 0.632. The zero-order valence-electron chi connectivity index (χ0n) is 5.67. The quantitative estimate of drug-likeness (QED) is 0.578. The number of nitrogen functional groups attached to an aromatic ring is 1. The molecule has 4 N–H and O–H groups in total. The summed E-state index contributed by atoms with van der Waals surface area (Å²) in [6, 6.07) is 7.58. The van der Waals surface area contributed by atoms with Crippen molar-refractivity contribution >= 4 is 11.8 Å². The van der Waals surface area contributed by atoms with E-state index in [1.807, 2.05) is 24.3 Å². The second kappa shape index (κ2) is 3.69. The summed E-state index contributed by atoms with van der Waals surface area (Å²) in [5, 5.41) is 0. The van der Waals surface area contributed by atoms with E-state index in [9.17, 15) is 0 Å². The van der Waals surface area contributed by atoms with Gasteiger partial charge in [-0.25, -0.2) is 0 Å². The van der Waals surface area contributed by atoms with Crippen LogP contribution in [0.4, 0.5) is 5.69 Å². The average Bonchev–Trinajstić information content (AvgIpc) is 1.90. The molecule has 1 aromatic rings. The molecule has 0 bridgehead atoms. The standard InChI is InChI=1S/C8H9N.H2O/c1-2-7-3-5-8(9)6-4-7;/h2-6H,1,9H2;1H2. The molecule has 0 fully saturated rings. The fraction of sp³-hybridized carbons (Fsp3) is 0. The van der Waals surface area contributed by atoms with Crippen molar-refractivity contribution in [3.63, 3.8) is 0 Å². The molecule has 0 atom stereocenters. The van der Waals surface area contributed by atoms with Gasteiger partial charge in [0.2, 0.25) is 0 Å². The normalized spacial score (nSPS) is 8.00. The molecule has 0 heterocycles.